The van der Waals surface area contributed by atoms with Crippen molar-refractivity contribution in [2.45, 2.75) is 0 Å². The molecule has 0 unspecified atom stereocenters. The van der Waals surface area contributed by atoms with Gasteiger partial charge >= 0.3 is 0 Å². The van der Waals surface area contributed by atoms with Crippen molar-refractivity contribution in [1.82, 2.24) is 0 Å². The molecule has 1 radical (unpaired) electrons. The van der Waals surface area contributed by atoms with Crippen LogP contribution in [0.25, 0.3) is 0 Å². The third-order valence-electron chi connectivity index (χ3n) is 0.808. The fourth-order valence-electron chi connectivity index (χ4n) is 0.405. The summed E-state index contributed by atoms with van der Waals surface area (Å²) in [6.07, 6.45) is 4.68. The van der Waals surface area contributed by atoms with E-state index in [1.54, 1.807) is 6.08 Å². The van der Waals surface area contributed by atoms with Crippen molar-refractivity contribution < 1.29 is 16.8 Å². The predicted molar refractivity (Wildman–Crippen MR) is 33.1 cm³/mol. The van der Waals surface area contributed by atoms with Gasteiger partial charge in [-0.3, -0.25) is 10.8 Å². The van der Waals surface area contributed by atoms with E-state index in [2.05, 4.69) is 4.99 Å². The normalized spacial score (nSPS) is 15.6. The van der Waals surface area contributed by atoms with Crippen LogP contribution in [0.2, 0.25) is 0 Å². The van der Waals surface area contributed by atoms with Crippen molar-refractivity contribution in [1.29, 1.82) is 10.8 Å². The van der Waals surface area contributed by atoms with Gasteiger partial charge in [-0.05, 0) is 12.2 Å². The van der Waals surface area contributed by atoms with Crippen LogP contribution in [-0.2, 0) is 16.8 Å². The van der Waals surface area contributed by atoms with Gasteiger partial charge in [0.2, 0.25) is 0 Å². The summed E-state index contributed by atoms with van der Waals surface area (Å²) in [5.41, 5.74) is 0.174. The summed E-state index contributed by atoms with van der Waals surface area (Å²) in [6.45, 7) is 0. The molecular weight excluding hydrogens is 161 g/mol. The fraction of sp³-hybridized carbons (Fsp3) is 0. The molecule has 0 aromatic rings. The van der Waals surface area contributed by atoms with Gasteiger partial charge in [-0.2, -0.15) is 0 Å². The third-order valence-corrected chi connectivity index (χ3v) is 0.808. The van der Waals surface area contributed by atoms with Crippen LogP contribution in [0.4, 0.5) is 0 Å². The number of hydrogen-bond acceptors (Lipinski definition) is 2. The maximum Gasteiger partial charge on any atom is 0.169 e. The first-order chi connectivity index (χ1) is 3.80. The monoisotopic (exact) mass is 166 g/mol. The summed E-state index contributed by atoms with van der Waals surface area (Å²) < 4.78 is 0. The largest absolute Gasteiger partial charge is 0.297 e. The Morgan fingerprint density at radius 1 is 1.33 bits per heavy atom. The Kier molecular flexibility index (Phi) is 3.04. The molecule has 0 aromatic heterocycles. The molecule has 0 bridgehead atoms. The summed E-state index contributed by atoms with van der Waals surface area (Å²) in [5, 5.41) is 13.9. The topological polar surface area (TPSA) is 60.1 Å². The molecule has 49 valence electrons. The molecule has 0 saturated carbocycles. The van der Waals surface area contributed by atoms with Crippen LogP contribution in [0, 0.1) is 10.8 Å². The quantitative estimate of drug-likeness (QED) is 0.530. The van der Waals surface area contributed by atoms with Crippen molar-refractivity contribution in [2.75, 3.05) is 0 Å². The minimum atomic E-state index is 0. The van der Waals surface area contributed by atoms with Gasteiger partial charge in [0.15, 0.2) is 5.84 Å². The zero-order valence-electron chi connectivity index (χ0n) is 4.51. The van der Waals surface area contributed by atoms with Crippen molar-refractivity contribution in [2.24, 2.45) is 4.99 Å². The van der Waals surface area contributed by atoms with Crippen molar-refractivity contribution >= 4 is 17.8 Å². The molecular formula is C5H5CoN3. The van der Waals surface area contributed by atoms with E-state index >= 15 is 0 Å². The minimum Gasteiger partial charge on any atom is -0.297 e. The molecule has 0 saturated heterocycles. The average molecular weight is 166 g/mol. The van der Waals surface area contributed by atoms with Crippen LogP contribution in [0.1, 0.15) is 0 Å². The van der Waals surface area contributed by atoms with E-state index in [0.29, 0.717) is 0 Å². The first kappa shape index (κ1) is 8.26. The van der Waals surface area contributed by atoms with Gasteiger partial charge in [-0.1, -0.05) is 0 Å². The van der Waals surface area contributed by atoms with E-state index in [4.69, 9.17) is 10.8 Å². The number of hydrogen-bond donors (Lipinski definition) is 2. The SMILES string of the molecule is N=C1C=CC=NC1=N.[Co]. The Morgan fingerprint density at radius 2 is 2.00 bits per heavy atom. The van der Waals surface area contributed by atoms with Crippen molar-refractivity contribution in [3.05, 3.63) is 12.2 Å². The van der Waals surface area contributed by atoms with Crippen molar-refractivity contribution in [3.8, 4) is 0 Å². The smallest absolute Gasteiger partial charge is 0.169 e. The van der Waals surface area contributed by atoms with E-state index < -0.39 is 0 Å². The number of amidine groups is 1. The molecule has 4 heteroatoms. The molecule has 0 atom stereocenters. The number of nitrogens with one attached hydrogen (secondary N) is 2. The van der Waals surface area contributed by atoms with Crippen molar-refractivity contribution in [3.63, 3.8) is 0 Å². The second-order valence-electron chi connectivity index (χ2n) is 1.40. The molecule has 1 heterocycles. The molecule has 1 aliphatic heterocycles. The summed E-state index contributed by atoms with van der Waals surface area (Å²) in [4.78, 5) is 3.56. The second kappa shape index (κ2) is 3.32. The molecule has 0 amide bonds. The number of allylic oxidation sites excluding steroid dienone is 1. The second-order valence-corrected chi connectivity index (χ2v) is 1.40. The standard InChI is InChI=1S/C5H5N3.Co/c6-4-2-1-3-8-5(4)7;/h1-3,6-7H;. The van der Waals surface area contributed by atoms with Gasteiger partial charge in [0.25, 0.3) is 0 Å². The summed E-state index contributed by atoms with van der Waals surface area (Å²) in [5.74, 6) is 0.0347. The van der Waals surface area contributed by atoms with E-state index in [-0.39, 0.29) is 28.3 Å². The van der Waals surface area contributed by atoms with Crippen LogP contribution in [0.5, 0.6) is 0 Å². The first-order valence-corrected chi connectivity index (χ1v) is 2.19. The van der Waals surface area contributed by atoms with Gasteiger partial charge in [0.05, 0.1) is 5.71 Å². The molecule has 0 aromatic carbocycles. The Balaban J connectivity index is 0.000000640. The van der Waals surface area contributed by atoms with Gasteiger partial charge < -0.3 is 0 Å². The Hall–Kier alpha value is -0.744. The van der Waals surface area contributed by atoms with Gasteiger partial charge in [0.1, 0.15) is 0 Å². The van der Waals surface area contributed by atoms with Gasteiger partial charge in [-0.25, -0.2) is 4.99 Å². The number of rotatable bonds is 0. The summed E-state index contributed by atoms with van der Waals surface area (Å²) >= 11 is 0. The zero-order chi connectivity index (χ0) is 5.98. The Labute approximate surface area is 63.1 Å². The zero-order valence-corrected chi connectivity index (χ0v) is 5.55. The molecule has 0 aliphatic carbocycles. The van der Waals surface area contributed by atoms with E-state index in [0.717, 1.165) is 0 Å². The molecule has 1 rings (SSSR count). The maximum atomic E-state index is 6.97. The summed E-state index contributed by atoms with van der Waals surface area (Å²) in [7, 11) is 0. The Bertz CT molecular complexity index is 170. The van der Waals surface area contributed by atoms with E-state index in [9.17, 15) is 0 Å². The van der Waals surface area contributed by atoms with Crippen LogP contribution in [-0.4, -0.2) is 17.8 Å². The van der Waals surface area contributed by atoms with Gasteiger partial charge in [-0.15, -0.1) is 0 Å². The number of nitrogens with zero attached hydrogens (tertiary/aromatic N) is 1. The number of aliphatic imine (C=N–C) groups is 1. The van der Waals surface area contributed by atoms with Crippen LogP contribution in [0.3, 0.4) is 0 Å². The van der Waals surface area contributed by atoms with Crippen LogP contribution >= 0.6 is 0 Å². The predicted octanol–water partition coefficient (Wildman–Crippen LogP) is 0.622. The first-order valence-electron chi connectivity index (χ1n) is 2.19. The molecule has 2 N–H and O–H groups in total. The average Bonchev–Trinajstić information content (AvgIpc) is 1.77. The molecule has 0 fully saturated rings. The fourth-order valence-corrected chi connectivity index (χ4v) is 0.405. The van der Waals surface area contributed by atoms with E-state index in [1.807, 2.05) is 0 Å². The molecule has 3 nitrogen and oxygen atoms in total. The Morgan fingerprint density at radius 3 is 2.33 bits per heavy atom. The maximum absolute atomic E-state index is 6.97. The van der Waals surface area contributed by atoms with Gasteiger partial charge in [0, 0.05) is 23.0 Å². The molecule has 1 aliphatic rings. The third kappa shape index (κ3) is 1.91. The van der Waals surface area contributed by atoms with Crippen LogP contribution in [0.15, 0.2) is 17.1 Å². The molecule has 9 heavy (non-hydrogen) atoms. The van der Waals surface area contributed by atoms with Crippen LogP contribution < -0.4 is 0 Å². The minimum absolute atomic E-state index is 0. The number of dihydropyridines is 1. The van der Waals surface area contributed by atoms with E-state index in [1.165, 1.54) is 12.3 Å². The summed E-state index contributed by atoms with van der Waals surface area (Å²) in [6, 6.07) is 0. The molecule has 0 spiro atoms.